The van der Waals surface area contributed by atoms with E-state index in [4.69, 9.17) is 14.7 Å². The molecule has 6 rings (SSSR count). The van der Waals surface area contributed by atoms with Crippen LogP contribution in [0, 0.1) is 6.92 Å². The van der Waals surface area contributed by atoms with Crippen molar-refractivity contribution in [3.63, 3.8) is 0 Å². The summed E-state index contributed by atoms with van der Waals surface area (Å²) in [5.74, 6) is 0.958. The molecule has 0 spiro atoms. The maximum absolute atomic E-state index is 12.2. The number of rotatable bonds is 6. The maximum atomic E-state index is 12.2. The van der Waals surface area contributed by atoms with Gasteiger partial charge in [0.05, 0.1) is 12.2 Å². The standard InChI is InChI=1S/C31H38N6O2/c1-4-28(38)35-16-18-36(19-17-35)30-25-13-15-37(27-12-6-10-23-9-5-8-22(2)29(23)27)20-26(25)32-31(33-30)39-21-24-11-7-14-34(24)3/h4-6,8-10,12,24H,1,7,11,13-21H2,2-3H3. The van der Waals surface area contributed by atoms with E-state index in [1.807, 2.05) is 4.90 Å². The second-order valence-corrected chi connectivity index (χ2v) is 11.0. The third kappa shape index (κ3) is 5.05. The van der Waals surface area contributed by atoms with Crippen molar-refractivity contribution in [1.82, 2.24) is 19.8 Å². The van der Waals surface area contributed by atoms with Crippen molar-refractivity contribution in [2.75, 3.05) is 62.7 Å². The van der Waals surface area contributed by atoms with Gasteiger partial charge in [-0.15, -0.1) is 0 Å². The Balaban J connectivity index is 1.31. The predicted octanol–water partition coefficient (Wildman–Crippen LogP) is 3.81. The SMILES string of the molecule is C=CC(=O)N1CCN(c2nc(OCC3CCCN3C)nc3c2CCN(c2cccc4cccc(C)c24)C3)CC1. The smallest absolute Gasteiger partial charge is 0.318 e. The van der Waals surface area contributed by atoms with E-state index in [1.165, 1.54) is 40.1 Å². The number of piperazine rings is 1. The van der Waals surface area contributed by atoms with E-state index in [-0.39, 0.29) is 5.91 Å². The highest BCUT2D eigenvalue weighted by molar-refractivity contribution is 5.97. The summed E-state index contributed by atoms with van der Waals surface area (Å²) < 4.78 is 6.28. The quantitative estimate of drug-likeness (QED) is 0.453. The Hall–Kier alpha value is -3.65. The van der Waals surface area contributed by atoms with Crippen molar-refractivity contribution in [3.8, 4) is 6.01 Å². The lowest BCUT2D eigenvalue weighted by Crippen LogP contribution is -2.49. The van der Waals surface area contributed by atoms with Crippen molar-refractivity contribution < 1.29 is 9.53 Å². The molecular weight excluding hydrogens is 488 g/mol. The molecule has 2 fully saturated rings. The highest BCUT2D eigenvalue weighted by Gasteiger charge is 2.29. The molecule has 1 aromatic heterocycles. The van der Waals surface area contributed by atoms with Gasteiger partial charge < -0.3 is 24.3 Å². The molecule has 8 heteroatoms. The van der Waals surface area contributed by atoms with Gasteiger partial charge in [-0.2, -0.15) is 9.97 Å². The Morgan fingerprint density at radius 1 is 1.05 bits per heavy atom. The van der Waals surface area contributed by atoms with Crippen LogP contribution in [0.3, 0.4) is 0 Å². The molecule has 1 amide bonds. The number of benzene rings is 2. The number of fused-ring (bicyclic) bond motifs is 2. The van der Waals surface area contributed by atoms with E-state index in [0.717, 1.165) is 50.5 Å². The van der Waals surface area contributed by atoms with Crippen LogP contribution in [-0.2, 0) is 17.8 Å². The minimum Gasteiger partial charge on any atom is -0.462 e. The van der Waals surface area contributed by atoms with Gasteiger partial charge in [0, 0.05) is 55.4 Å². The first-order chi connectivity index (χ1) is 19.0. The van der Waals surface area contributed by atoms with Crippen LogP contribution in [0.25, 0.3) is 10.8 Å². The number of nitrogens with zero attached hydrogens (tertiary/aromatic N) is 6. The first-order valence-electron chi connectivity index (χ1n) is 14.1. The molecule has 1 atom stereocenters. The van der Waals surface area contributed by atoms with Crippen LogP contribution in [0.1, 0.15) is 29.7 Å². The van der Waals surface area contributed by atoms with Gasteiger partial charge in [-0.1, -0.05) is 36.9 Å². The molecule has 8 nitrogen and oxygen atoms in total. The molecule has 2 aromatic carbocycles. The number of likely N-dealkylation sites (N-methyl/N-ethyl adjacent to an activating group) is 1. The van der Waals surface area contributed by atoms with Crippen molar-refractivity contribution >= 4 is 28.2 Å². The summed E-state index contributed by atoms with van der Waals surface area (Å²) in [6.45, 7) is 12.0. The molecule has 0 saturated carbocycles. The molecule has 0 radical (unpaired) electrons. The van der Waals surface area contributed by atoms with E-state index in [2.05, 4.69) is 71.6 Å². The second kappa shape index (κ2) is 10.8. The van der Waals surface area contributed by atoms with Gasteiger partial charge in [0.25, 0.3) is 0 Å². The van der Waals surface area contributed by atoms with Crippen LogP contribution in [-0.4, -0.2) is 84.6 Å². The zero-order valence-electron chi connectivity index (χ0n) is 23.1. The topological polar surface area (TPSA) is 65.0 Å². The van der Waals surface area contributed by atoms with Crippen LogP contribution in [0.5, 0.6) is 6.01 Å². The summed E-state index contributed by atoms with van der Waals surface area (Å²) in [5, 5.41) is 2.57. The Morgan fingerprint density at radius 3 is 2.59 bits per heavy atom. The zero-order valence-corrected chi connectivity index (χ0v) is 23.1. The fourth-order valence-electron chi connectivity index (χ4n) is 6.32. The summed E-state index contributed by atoms with van der Waals surface area (Å²) >= 11 is 0. The average molecular weight is 527 g/mol. The van der Waals surface area contributed by atoms with Crippen LogP contribution in [0.2, 0.25) is 0 Å². The van der Waals surface area contributed by atoms with E-state index < -0.39 is 0 Å². The van der Waals surface area contributed by atoms with E-state index in [0.29, 0.717) is 38.3 Å². The lowest BCUT2D eigenvalue weighted by molar-refractivity contribution is -0.126. The molecule has 39 heavy (non-hydrogen) atoms. The van der Waals surface area contributed by atoms with Gasteiger partial charge in [0.15, 0.2) is 0 Å². The number of ether oxygens (including phenoxy) is 1. The molecule has 2 saturated heterocycles. The minimum absolute atomic E-state index is 0.00917. The number of carbonyl (C=O) groups excluding carboxylic acids is 1. The third-order valence-corrected chi connectivity index (χ3v) is 8.60. The number of likely N-dealkylation sites (tertiary alicyclic amines) is 1. The molecule has 3 aromatic rings. The van der Waals surface area contributed by atoms with Crippen LogP contribution in [0.4, 0.5) is 11.5 Å². The molecule has 3 aliphatic rings. The lowest BCUT2D eigenvalue weighted by Gasteiger charge is -2.38. The van der Waals surface area contributed by atoms with Crippen molar-refractivity contribution in [2.24, 2.45) is 0 Å². The Labute approximate surface area is 230 Å². The molecule has 204 valence electrons. The number of hydrogen-bond acceptors (Lipinski definition) is 7. The fraction of sp³-hybridized carbons (Fsp3) is 0.452. The summed E-state index contributed by atoms with van der Waals surface area (Å²) in [5.41, 5.74) is 4.78. The summed E-state index contributed by atoms with van der Waals surface area (Å²) in [4.78, 5) is 31.1. The summed E-state index contributed by atoms with van der Waals surface area (Å²) in [6, 6.07) is 13.9. The molecule has 0 bridgehead atoms. The number of aryl methyl sites for hydroxylation is 1. The highest BCUT2D eigenvalue weighted by Crippen LogP contribution is 2.35. The van der Waals surface area contributed by atoms with Gasteiger partial charge >= 0.3 is 6.01 Å². The van der Waals surface area contributed by atoms with Crippen LogP contribution in [0.15, 0.2) is 49.1 Å². The number of hydrogen-bond donors (Lipinski definition) is 0. The van der Waals surface area contributed by atoms with E-state index in [1.54, 1.807) is 0 Å². The normalized spacial score (nSPS) is 19.8. The van der Waals surface area contributed by atoms with Gasteiger partial charge in [-0.3, -0.25) is 4.79 Å². The van der Waals surface area contributed by atoms with Gasteiger partial charge in [0.1, 0.15) is 12.4 Å². The Bertz CT molecular complexity index is 1380. The molecule has 0 aliphatic carbocycles. The third-order valence-electron chi connectivity index (χ3n) is 8.60. The van der Waals surface area contributed by atoms with Crippen LogP contribution < -0.4 is 14.5 Å². The highest BCUT2D eigenvalue weighted by atomic mass is 16.5. The van der Waals surface area contributed by atoms with Gasteiger partial charge in [-0.25, -0.2) is 0 Å². The number of amides is 1. The zero-order chi connectivity index (χ0) is 26.9. The Kier molecular flexibility index (Phi) is 7.12. The van der Waals surface area contributed by atoms with Crippen molar-refractivity contribution in [2.45, 2.75) is 38.8 Å². The van der Waals surface area contributed by atoms with Crippen molar-refractivity contribution in [1.29, 1.82) is 0 Å². The Morgan fingerprint density at radius 2 is 1.85 bits per heavy atom. The molecule has 1 unspecified atom stereocenters. The summed E-state index contributed by atoms with van der Waals surface area (Å²) in [6.07, 6.45) is 4.61. The largest absolute Gasteiger partial charge is 0.462 e. The van der Waals surface area contributed by atoms with E-state index in [9.17, 15) is 4.79 Å². The number of aromatic nitrogens is 2. The van der Waals surface area contributed by atoms with Gasteiger partial charge in [0.2, 0.25) is 5.91 Å². The fourth-order valence-corrected chi connectivity index (χ4v) is 6.32. The maximum Gasteiger partial charge on any atom is 0.318 e. The first-order valence-corrected chi connectivity index (χ1v) is 14.1. The molecule has 3 aliphatic heterocycles. The monoisotopic (exact) mass is 526 g/mol. The molecule has 4 heterocycles. The number of carbonyl (C=O) groups is 1. The molecule has 0 N–H and O–H groups in total. The predicted molar refractivity (Wildman–Crippen MR) is 156 cm³/mol. The van der Waals surface area contributed by atoms with Crippen molar-refractivity contribution in [3.05, 3.63) is 65.9 Å². The number of anilines is 2. The minimum atomic E-state index is -0.00917. The van der Waals surface area contributed by atoms with Crippen LogP contribution >= 0.6 is 0 Å². The summed E-state index contributed by atoms with van der Waals surface area (Å²) in [7, 11) is 2.16. The second-order valence-electron chi connectivity index (χ2n) is 11.0. The van der Waals surface area contributed by atoms with E-state index >= 15 is 0 Å². The molecular formula is C31H38N6O2. The lowest BCUT2D eigenvalue weighted by atomic mass is 9.99. The average Bonchev–Trinajstić information content (AvgIpc) is 3.39. The van der Waals surface area contributed by atoms with Gasteiger partial charge in [-0.05, 0) is 62.9 Å². The first kappa shape index (κ1) is 25.6.